The molecule has 2 heterocycles. The number of carbonyl (C=O) groups excluding carboxylic acids is 2. The van der Waals surface area contributed by atoms with E-state index in [9.17, 15) is 14.4 Å². The Morgan fingerprint density at radius 3 is 2.62 bits per heavy atom. The van der Waals surface area contributed by atoms with Gasteiger partial charge in [-0.2, -0.15) is 0 Å². The van der Waals surface area contributed by atoms with Gasteiger partial charge in [-0.3, -0.25) is 14.4 Å². The number of rotatable bonds is 8. The molecule has 0 radical (unpaired) electrons. The molecule has 0 unspecified atom stereocenters. The van der Waals surface area contributed by atoms with E-state index in [1.165, 1.54) is 6.42 Å². The topological polar surface area (TPSA) is 71.4 Å². The van der Waals surface area contributed by atoms with E-state index < -0.39 is 0 Å². The molecule has 32 heavy (non-hydrogen) atoms. The molecule has 1 aliphatic heterocycles. The van der Waals surface area contributed by atoms with E-state index in [4.69, 9.17) is 0 Å². The number of fused-ring (bicyclic) bond motifs is 1. The van der Waals surface area contributed by atoms with Gasteiger partial charge >= 0.3 is 0 Å². The van der Waals surface area contributed by atoms with Gasteiger partial charge in [0.1, 0.15) is 5.56 Å². The molecule has 1 saturated carbocycles. The highest BCUT2D eigenvalue weighted by atomic mass is 16.2. The molecular formula is C26H33N3O3. The fourth-order valence-corrected chi connectivity index (χ4v) is 4.61. The monoisotopic (exact) mass is 435 g/mol. The molecule has 0 spiro atoms. The number of nitrogens with one attached hydrogen (secondary N) is 1. The number of nitrogens with zero attached hydrogens (tertiary/aromatic N) is 2. The highest BCUT2D eigenvalue weighted by Gasteiger charge is 2.28. The lowest BCUT2D eigenvalue weighted by Gasteiger charge is -2.31. The smallest absolute Gasteiger partial charge is 0.263 e. The van der Waals surface area contributed by atoms with Gasteiger partial charge in [-0.1, -0.05) is 43.7 Å². The van der Waals surface area contributed by atoms with Crippen LogP contribution in [0.15, 0.2) is 41.3 Å². The zero-order valence-electron chi connectivity index (χ0n) is 18.9. The maximum absolute atomic E-state index is 13.4. The van der Waals surface area contributed by atoms with Crippen molar-refractivity contribution in [2.24, 2.45) is 5.92 Å². The van der Waals surface area contributed by atoms with E-state index in [-0.39, 0.29) is 22.9 Å². The molecule has 1 aliphatic carbocycles. The van der Waals surface area contributed by atoms with Crippen molar-refractivity contribution in [2.75, 3.05) is 13.1 Å². The molecule has 4 rings (SSSR count). The van der Waals surface area contributed by atoms with Gasteiger partial charge in [-0.05, 0) is 54.7 Å². The standard InChI is InChI=1S/C26H33N3O3/c1-2-7-23(30)28-15-13-22-21(17-28)18-29(14-12-19-8-4-3-5-9-19)26(32)24(22)25(31)27-16-20-10-6-11-20/h3-5,8-9,18,20H,2,6-7,10-17H2,1H3,(H,27,31). The van der Waals surface area contributed by atoms with Crippen molar-refractivity contribution in [3.05, 3.63) is 69.1 Å². The van der Waals surface area contributed by atoms with Crippen LogP contribution in [-0.2, 0) is 30.7 Å². The number of amides is 2. The van der Waals surface area contributed by atoms with Gasteiger partial charge in [0.25, 0.3) is 11.5 Å². The van der Waals surface area contributed by atoms with Gasteiger partial charge in [-0.25, -0.2) is 0 Å². The number of pyridine rings is 1. The predicted molar refractivity (Wildman–Crippen MR) is 125 cm³/mol. The summed E-state index contributed by atoms with van der Waals surface area (Å²) >= 11 is 0. The van der Waals surface area contributed by atoms with Crippen LogP contribution in [0.3, 0.4) is 0 Å². The Bertz CT molecular complexity index is 1020. The van der Waals surface area contributed by atoms with Crippen molar-refractivity contribution in [2.45, 2.75) is 65.0 Å². The summed E-state index contributed by atoms with van der Waals surface area (Å²) in [7, 11) is 0. The second-order valence-corrected chi connectivity index (χ2v) is 9.06. The van der Waals surface area contributed by atoms with Crippen molar-refractivity contribution < 1.29 is 9.59 Å². The van der Waals surface area contributed by atoms with Gasteiger partial charge < -0.3 is 14.8 Å². The summed E-state index contributed by atoms with van der Waals surface area (Å²) in [6, 6.07) is 10.0. The first-order valence-corrected chi connectivity index (χ1v) is 11.9. The Kier molecular flexibility index (Phi) is 7.08. The first-order chi connectivity index (χ1) is 15.6. The fraction of sp³-hybridized carbons (Fsp3) is 0.500. The molecule has 170 valence electrons. The van der Waals surface area contributed by atoms with Crippen LogP contribution >= 0.6 is 0 Å². The maximum Gasteiger partial charge on any atom is 0.263 e. The molecule has 2 amide bonds. The van der Waals surface area contributed by atoms with Crippen molar-refractivity contribution in [3.63, 3.8) is 0 Å². The van der Waals surface area contributed by atoms with Crippen LogP contribution in [0, 0.1) is 5.92 Å². The number of hydrogen-bond acceptors (Lipinski definition) is 3. The van der Waals surface area contributed by atoms with Crippen molar-refractivity contribution >= 4 is 11.8 Å². The van der Waals surface area contributed by atoms with Crippen molar-refractivity contribution in [1.29, 1.82) is 0 Å². The lowest BCUT2D eigenvalue weighted by Crippen LogP contribution is -2.42. The van der Waals surface area contributed by atoms with Crippen LogP contribution in [0.5, 0.6) is 0 Å². The van der Waals surface area contributed by atoms with Crippen LogP contribution in [0.2, 0.25) is 0 Å². The minimum Gasteiger partial charge on any atom is -0.352 e. The Hall–Kier alpha value is -2.89. The Morgan fingerprint density at radius 2 is 1.94 bits per heavy atom. The second-order valence-electron chi connectivity index (χ2n) is 9.06. The summed E-state index contributed by atoms with van der Waals surface area (Å²) in [5, 5.41) is 3.01. The number of aromatic nitrogens is 1. The first kappa shape index (κ1) is 22.3. The minimum absolute atomic E-state index is 0.135. The summed E-state index contributed by atoms with van der Waals surface area (Å²) in [5.74, 6) is 0.401. The molecule has 2 aromatic rings. The average Bonchev–Trinajstić information content (AvgIpc) is 2.77. The van der Waals surface area contributed by atoms with Gasteiger partial charge in [-0.15, -0.1) is 0 Å². The van der Waals surface area contributed by atoms with Crippen LogP contribution in [0.4, 0.5) is 0 Å². The largest absolute Gasteiger partial charge is 0.352 e. The van der Waals surface area contributed by atoms with Gasteiger partial charge in [0.2, 0.25) is 5.91 Å². The summed E-state index contributed by atoms with van der Waals surface area (Å²) in [5.41, 5.74) is 2.93. The summed E-state index contributed by atoms with van der Waals surface area (Å²) in [6.45, 7) is 4.15. The third-order valence-electron chi connectivity index (χ3n) is 6.77. The molecule has 0 atom stereocenters. The van der Waals surface area contributed by atoms with Crippen molar-refractivity contribution in [3.8, 4) is 0 Å². The zero-order valence-corrected chi connectivity index (χ0v) is 18.9. The summed E-state index contributed by atoms with van der Waals surface area (Å²) in [4.78, 5) is 40.8. The Balaban J connectivity index is 1.62. The minimum atomic E-state index is -0.263. The SMILES string of the molecule is CCCC(=O)N1CCc2c(cn(CCc3ccccc3)c(=O)c2C(=O)NCC2CCC2)C1. The first-order valence-electron chi connectivity index (χ1n) is 11.9. The summed E-state index contributed by atoms with van der Waals surface area (Å²) < 4.78 is 1.66. The van der Waals surface area contributed by atoms with Gasteiger partial charge in [0.15, 0.2) is 0 Å². The van der Waals surface area contributed by atoms with E-state index in [2.05, 4.69) is 5.32 Å². The molecule has 1 aromatic heterocycles. The molecule has 1 fully saturated rings. The normalized spacial score (nSPS) is 15.7. The Labute approximate surface area is 189 Å². The third kappa shape index (κ3) is 4.95. The fourth-order valence-electron chi connectivity index (χ4n) is 4.61. The predicted octanol–water partition coefficient (Wildman–Crippen LogP) is 3.31. The van der Waals surface area contributed by atoms with Gasteiger partial charge in [0, 0.05) is 38.8 Å². The second kappa shape index (κ2) is 10.2. The van der Waals surface area contributed by atoms with Gasteiger partial charge in [0.05, 0.1) is 0 Å². The third-order valence-corrected chi connectivity index (χ3v) is 6.77. The van der Waals surface area contributed by atoms with E-state index in [0.29, 0.717) is 51.4 Å². The molecular weight excluding hydrogens is 402 g/mol. The molecule has 6 nitrogen and oxygen atoms in total. The summed E-state index contributed by atoms with van der Waals surface area (Å²) in [6.07, 6.45) is 7.97. The quantitative estimate of drug-likeness (QED) is 0.692. The highest BCUT2D eigenvalue weighted by molar-refractivity contribution is 5.95. The molecule has 0 bridgehead atoms. The van der Waals surface area contributed by atoms with Crippen LogP contribution < -0.4 is 10.9 Å². The van der Waals surface area contributed by atoms with E-state index in [1.807, 2.05) is 48.4 Å². The number of benzene rings is 1. The number of aryl methyl sites for hydroxylation is 2. The lowest BCUT2D eigenvalue weighted by atomic mass is 9.85. The molecule has 1 N–H and O–H groups in total. The molecule has 2 aliphatic rings. The average molecular weight is 436 g/mol. The van der Waals surface area contributed by atoms with E-state index >= 15 is 0 Å². The number of hydrogen-bond donors (Lipinski definition) is 1. The lowest BCUT2D eigenvalue weighted by molar-refractivity contribution is -0.132. The number of carbonyl (C=O) groups is 2. The molecule has 1 aromatic carbocycles. The van der Waals surface area contributed by atoms with Crippen LogP contribution in [0.1, 0.15) is 66.1 Å². The molecule has 6 heteroatoms. The van der Waals surface area contributed by atoms with Crippen LogP contribution in [-0.4, -0.2) is 34.4 Å². The Morgan fingerprint density at radius 1 is 1.16 bits per heavy atom. The van der Waals surface area contributed by atoms with E-state index in [1.54, 1.807) is 4.57 Å². The molecule has 0 saturated heterocycles. The van der Waals surface area contributed by atoms with Crippen molar-refractivity contribution in [1.82, 2.24) is 14.8 Å². The van der Waals surface area contributed by atoms with E-state index in [0.717, 1.165) is 36.0 Å². The maximum atomic E-state index is 13.4. The highest BCUT2D eigenvalue weighted by Crippen LogP contribution is 2.26. The van der Waals surface area contributed by atoms with Crippen LogP contribution in [0.25, 0.3) is 0 Å². The zero-order chi connectivity index (χ0) is 22.5.